The molecule has 3 N–H and O–H groups in total. The lowest BCUT2D eigenvalue weighted by Crippen LogP contribution is -1.94. The van der Waals surface area contributed by atoms with Crippen molar-refractivity contribution in [3.63, 3.8) is 0 Å². The molecular formula is C16H16O3. The number of fused-ring (bicyclic) bond motifs is 1. The molecule has 2 aromatic carbocycles. The van der Waals surface area contributed by atoms with Gasteiger partial charge >= 0.3 is 0 Å². The van der Waals surface area contributed by atoms with Crippen molar-refractivity contribution in [2.75, 3.05) is 0 Å². The van der Waals surface area contributed by atoms with Gasteiger partial charge in [-0.15, -0.1) is 0 Å². The number of phenolic OH excluding ortho intramolecular Hbond substituents is 3. The fourth-order valence-corrected chi connectivity index (χ4v) is 2.76. The fraction of sp³-hybridized carbons (Fsp3) is 0.250. The van der Waals surface area contributed by atoms with Gasteiger partial charge in [0.2, 0.25) is 0 Å². The molecule has 0 saturated heterocycles. The lowest BCUT2D eigenvalue weighted by molar-refractivity contribution is 0.400. The topological polar surface area (TPSA) is 60.7 Å². The molecule has 0 atom stereocenters. The first-order valence-corrected chi connectivity index (χ1v) is 6.55. The zero-order valence-corrected chi connectivity index (χ0v) is 10.6. The molecule has 0 bridgehead atoms. The molecule has 1 aliphatic carbocycles. The van der Waals surface area contributed by atoms with Gasteiger partial charge in [0.25, 0.3) is 0 Å². The molecule has 3 rings (SSSR count). The fourth-order valence-electron chi connectivity index (χ4n) is 2.76. The van der Waals surface area contributed by atoms with Crippen LogP contribution in [0, 0.1) is 0 Å². The molecule has 0 unspecified atom stereocenters. The van der Waals surface area contributed by atoms with Gasteiger partial charge in [0, 0.05) is 10.8 Å². The van der Waals surface area contributed by atoms with E-state index >= 15 is 0 Å². The van der Waals surface area contributed by atoms with Crippen LogP contribution in [0.4, 0.5) is 0 Å². The quantitative estimate of drug-likeness (QED) is 0.535. The van der Waals surface area contributed by atoms with Crippen molar-refractivity contribution < 1.29 is 15.3 Å². The Bertz CT molecular complexity index is 671. The van der Waals surface area contributed by atoms with Crippen molar-refractivity contribution >= 4 is 16.3 Å². The van der Waals surface area contributed by atoms with Gasteiger partial charge in [0.1, 0.15) is 5.75 Å². The summed E-state index contributed by atoms with van der Waals surface area (Å²) in [6, 6.07) is 7.00. The minimum absolute atomic E-state index is 0.0547. The first-order valence-electron chi connectivity index (χ1n) is 6.55. The number of aromatic hydroxyl groups is 3. The molecule has 0 aromatic heterocycles. The largest absolute Gasteiger partial charge is 0.507 e. The first-order chi connectivity index (χ1) is 9.20. The third-order valence-corrected chi connectivity index (χ3v) is 3.75. The highest BCUT2D eigenvalue weighted by molar-refractivity contribution is 6.00. The third-order valence-electron chi connectivity index (χ3n) is 3.75. The number of phenols is 3. The Kier molecular flexibility index (Phi) is 2.82. The number of benzene rings is 2. The number of allylic oxidation sites excluding steroid dienone is 2. The summed E-state index contributed by atoms with van der Waals surface area (Å²) in [5.74, 6) is -0.321. The predicted molar refractivity (Wildman–Crippen MR) is 75.4 cm³/mol. The van der Waals surface area contributed by atoms with E-state index in [1.165, 1.54) is 0 Å². The second kappa shape index (κ2) is 4.50. The zero-order valence-electron chi connectivity index (χ0n) is 10.6. The van der Waals surface area contributed by atoms with Gasteiger partial charge in [-0.1, -0.05) is 30.3 Å². The normalized spacial score (nSPS) is 15.5. The molecule has 0 amide bonds. The highest BCUT2D eigenvalue weighted by atomic mass is 16.3. The molecule has 0 fully saturated rings. The summed E-state index contributed by atoms with van der Waals surface area (Å²) in [5, 5.41) is 31.7. The molecule has 0 radical (unpaired) electrons. The minimum Gasteiger partial charge on any atom is -0.507 e. The maximum absolute atomic E-state index is 10.4. The van der Waals surface area contributed by atoms with Crippen LogP contribution in [0.25, 0.3) is 16.3 Å². The van der Waals surface area contributed by atoms with Crippen LogP contribution in [-0.2, 0) is 0 Å². The lowest BCUT2D eigenvalue weighted by atomic mass is 9.90. The average molecular weight is 256 g/mol. The van der Waals surface area contributed by atoms with E-state index in [0.717, 1.165) is 31.3 Å². The lowest BCUT2D eigenvalue weighted by Gasteiger charge is -2.18. The van der Waals surface area contributed by atoms with Crippen molar-refractivity contribution in [2.24, 2.45) is 0 Å². The molecule has 1 aliphatic rings. The van der Waals surface area contributed by atoms with Gasteiger partial charge in [0.05, 0.1) is 5.56 Å². The maximum Gasteiger partial charge on any atom is 0.169 e. The third kappa shape index (κ3) is 1.82. The average Bonchev–Trinajstić information content (AvgIpc) is 2.46. The Labute approximate surface area is 111 Å². The van der Waals surface area contributed by atoms with E-state index in [9.17, 15) is 15.3 Å². The van der Waals surface area contributed by atoms with Crippen molar-refractivity contribution in [3.8, 4) is 17.2 Å². The standard InChI is InChI=1S/C16H16O3/c17-14-11-8-4-5-9-12(11)15(18)16(19)13(14)10-6-2-1-3-7-10/h4-6,8-9,17-19H,1-3,7H2. The monoisotopic (exact) mass is 256 g/mol. The van der Waals surface area contributed by atoms with Crippen molar-refractivity contribution in [3.05, 3.63) is 35.9 Å². The maximum atomic E-state index is 10.4. The Morgan fingerprint density at radius 2 is 1.47 bits per heavy atom. The highest BCUT2D eigenvalue weighted by Gasteiger charge is 2.21. The molecule has 0 spiro atoms. The molecule has 3 nitrogen and oxygen atoms in total. The van der Waals surface area contributed by atoms with Crippen LogP contribution in [0.5, 0.6) is 17.2 Å². The molecule has 0 aliphatic heterocycles. The molecular weight excluding hydrogens is 240 g/mol. The van der Waals surface area contributed by atoms with E-state index in [0.29, 0.717) is 16.3 Å². The Morgan fingerprint density at radius 1 is 0.789 bits per heavy atom. The summed E-state index contributed by atoms with van der Waals surface area (Å²) >= 11 is 0. The van der Waals surface area contributed by atoms with Crippen LogP contribution >= 0.6 is 0 Å². The van der Waals surface area contributed by atoms with Crippen LogP contribution < -0.4 is 0 Å². The number of rotatable bonds is 1. The second-order valence-corrected chi connectivity index (χ2v) is 4.94. The van der Waals surface area contributed by atoms with Crippen molar-refractivity contribution in [1.29, 1.82) is 0 Å². The first kappa shape index (κ1) is 11.9. The highest BCUT2D eigenvalue weighted by Crippen LogP contribution is 2.48. The van der Waals surface area contributed by atoms with E-state index in [-0.39, 0.29) is 17.2 Å². The SMILES string of the molecule is Oc1c(C2=CCCCC2)c(O)c2ccccc2c1O. The smallest absolute Gasteiger partial charge is 0.169 e. The Balaban J connectivity index is 2.33. The minimum atomic E-state index is -0.218. The summed E-state index contributed by atoms with van der Waals surface area (Å²) in [5.41, 5.74) is 1.30. The van der Waals surface area contributed by atoms with E-state index < -0.39 is 0 Å². The van der Waals surface area contributed by atoms with Gasteiger partial charge in [-0.25, -0.2) is 0 Å². The van der Waals surface area contributed by atoms with Gasteiger partial charge in [-0.2, -0.15) is 0 Å². The van der Waals surface area contributed by atoms with E-state index in [2.05, 4.69) is 0 Å². The summed E-state index contributed by atoms with van der Waals surface area (Å²) in [7, 11) is 0. The predicted octanol–water partition coefficient (Wildman–Crippen LogP) is 3.91. The summed E-state index contributed by atoms with van der Waals surface area (Å²) in [4.78, 5) is 0. The van der Waals surface area contributed by atoms with E-state index in [1.54, 1.807) is 24.3 Å². The Morgan fingerprint density at radius 3 is 2.11 bits per heavy atom. The molecule has 19 heavy (non-hydrogen) atoms. The van der Waals surface area contributed by atoms with Crippen LogP contribution in [0.2, 0.25) is 0 Å². The number of hydrogen-bond donors (Lipinski definition) is 3. The second-order valence-electron chi connectivity index (χ2n) is 4.94. The van der Waals surface area contributed by atoms with E-state index in [4.69, 9.17) is 0 Å². The van der Waals surface area contributed by atoms with Crippen LogP contribution in [0.15, 0.2) is 30.3 Å². The van der Waals surface area contributed by atoms with Crippen LogP contribution in [0.3, 0.4) is 0 Å². The molecule has 3 heteroatoms. The molecule has 0 heterocycles. The molecule has 0 saturated carbocycles. The van der Waals surface area contributed by atoms with Crippen LogP contribution in [-0.4, -0.2) is 15.3 Å². The molecule has 2 aromatic rings. The van der Waals surface area contributed by atoms with Gasteiger partial charge < -0.3 is 15.3 Å². The summed E-state index contributed by atoms with van der Waals surface area (Å²) in [6.07, 6.45) is 5.97. The number of hydrogen-bond acceptors (Lipinski definition) is 3. The van der Waals surface area contributed by atoms with Gasteiger partial charge in [0.15, 0.2) is 11.5 Å². The van der Waals surface area contributed by atoms with Gasteiger partial charge in [-0.3, -0.25) is 0 Å². The summed E-state index contributed by atoms with van der Waals surface area (Å²) < 4.78 is 0. The van der Waals surface area contributed by atoms with Gasteiger partial charge in [-0.05, 0) is 31.3 Å². The van der Waals surface area contributed by atoms with Crippen molar-refractivity contribution in [2.45, 2.75) is 25.7 Å². The molecule has 98 valence electrons. The Hall–Kier alpha value is -2.16. The zero-order chi connectivity index (χ0) is 13.4. The summed E-state index contributed by atoms with van der Waals surface area (Å²) in [6.45, 7) is 0. The van der Waals surface area contributed by atoms with E-state index in [1.807, 2.05) is 6.08 Å². The van der Waals surface area contributed by atoms with Crippen LogP contribution in [0.1, 0.15) is 31.2 Å². The van der Waals surface area contributed by atoms with Crippen molar-refractivity contribution in [1.82, 2.24) is 0 Å².